The summed E-state index contributed by atoms with van der Waals surface area (Å²) in [5.74, 6) is 0. The van der Waals surface area contributed by atoms with E-state index in [0.29, 0.717) is 0 Å². The van der Waals surface area contributed by atoms with Gasteiger partial charge in [-0.05, 0) is 31.8 Å². The maximum atomic E-state index is 3.14. The Morgan fingerprint density at radius 3 is 2.62 bits per heavy atom. The van der Waals surface area contributed by atoms with E-state index in [1.54, 1.807) is 0 Å². The fourth-order valence-corrected chi connectivity index (χ4v) is 1.25. The summed E-state index contributed by atoms with van der Waals surface area (Å²) in [7, 11) is 0. The molecule has 0 unspecified atom stereocenters. The zero-order chi connectivity index (χ0) is 9.19. The standard InChI is InChI=1S/C13H17/c1-2-4-6-8-10-12-13-11-9-7-5-3-1/h1-6,10H,7,9,11-13H2. The zero-order valence-corrected chi connectivity index (χ0v) is 8.08. The van der Waals surface area contributed by atoms with Crippen molar-refractivity contribution >= 4 is 0 Å². The molecular weight excluding hydrogens is 156 g/mol. The summed E-state index contributed by atoms with van der Waals surface area (Å²) in [6, 6.07) is 0. The first-order valence-electron chi connectivity index (χ1n) is 5.06. The Morgan fingerprint density at radius 2 is 1.62 bits per heavy atom. The maximum absolute atomic E-state index is 3.14. The second-order valence-corrected chi connectivity index (χ2v) is 3.18. The molecule has 1 aliphatic carbocycles. The van der Waals surface area contributed by atoms with Gasteiger partial charge in [0.05, 0.1) is 0 Å². The molecule has 1 rings (SSSR count). The van der Waals surface area contributed by atoms with Gasteiger partial charge >= 0.3 is 0 Å². The third-order valence-electron chi connectivity index (χ3n) is 2.00. The highest BCUT2D eigenvalue weighted by atomic mass is 13.9. The predicted octanol–water partition coefficient (Wildman–Crippen LogP) is 3.98. The molecule has 0 atom stereocenters. The molecule has 13 heavy (non-hydrogen) atoms. The van der Waals surface area contributed by atoms with Crippen molar-refractivity contribution in [2.24, 2.45) is 0 Å². The lowest BCUT2D eigenvalue weighted by molar-refractivity contribution is 0.696. The predicted molar refractivity (Wildman–Crippen MR) is 58.3 cm³/mol. The molecule has 1 aliphatic rings. The van der Waals surface area contributed by atoms with Crippen molar-refractivity contribution < 1.29 is 0 Å². The van der Waals surface area contributed by atoms with Crippen molar-refractivity contribution in [3.8, 4) is 0 Å². The van der Waals surface area contributed by atoms with Crippen LogP contribution in [0.5, 0.6) is 0 Å². The van der Waals surface area contributed by atoms with E-state index in [9.17, 15) is 0 Å². The third kappa shape index (κ3) is 6.15. The average Bonchev–Trinajstić information content (AvgIpc) is 2.18. The van der Waals surface area contributed by atoms with E-state index in [4.69, 9.17) is 0 Å². The summed E-state index contributed by atoms with van der Waals surface area (Å²) >= 11 is 0. The van der Waals surface area contributed by atoms with Crippen LogP contribution in [-0.2, 0) is 0 Å². The molecule has 0 amide bonds. The van der Waals surface area contributed by atoms with E-state index in [-0.39, 0.29) is 0 Å². The van der Waals surface area contributed by atoms with Crippen molar-refractivity contribution in [3.63, 3.8) is 0 Å². The second kappa shape index (κ2) is 7.60. The topological polar surface area (TPSA) is 0 Å². The minimum atomic E-state index is 1.16. The van der Waals surface area contributed by atoms with Gasteiger partial charge in [0, 0.05) is 0 Å². The molecule has 0 heteroatoms. The zero-order valence-electron chi connectivity index (χ0n) is 8.08. The number of rotatable bonds is 0. The third-order valence-corrected chi connectivity index (χ3v) is 2.00. The minimum Gasteiger partial charge on any atom is -0.0845 e. The Morgan fingerprint density at radius 1 is 0.769 bits per heavy atom. The summed E-state index contributed by atoms with van der Waals surface area (Å²) in [4.78, 5) is 0. The maximum Gasteiger partial charge on any atom is -0.0227 e. The van der Waals surface area contributed by atoms with Gasteiger partial charge in [0.15, 0.2) is 0 Å². The molecule has 0 spiro atoms. The van der Waals surface area contributed by atoms with Gasteiger partial charge in [-0.25, -0.2) is 0 Å². The van der Waals surface area contributed by atoms with Crippen LogP contribution < -0.4 is 0 Å². The molecule has 0 nitrogen and oxygen atoms in total. The first-order valence-corrected chi connectivity index (χ1v) is 5.06. The molecule has 0 fully saturated rings. The first-order chi connectivity index (χ1) is 6.50. The average molecular weight is 173 g/mol. The number of allylic oxidation sites excluding steroid dienone is 8. The molecule has 0 bridgehead atoms. The van der Waals surface area contributed by atoms with E-state index >= 15 is 0 Å². The van der Waals surface area contributed by atoms with Crippen LogP contribution in [0, 0.1) is 6.08 Å². The Bertz CT molecular complexity index is 192. The molecule has 0 aromatic carbocycles. The van der Waals surface area contributed by atoms with Crippen LogP contribution in [0.3, 0.4) is 0 Å². The smallest absolute Gasteiger partial charge is 0.0227 e. The van der Waals surface area contributed by atoms with Crippen LogP contribution in [0.4, 0.5) is 0 Å². The SMILES string of the molecule is [C]1=CCCCCCC=CC=CC=C1. The van der Waals surface area contributed by atoms with Gasteiger partial charge in [0.1, 0.15) is 0 Å². The van der Waals surface area contributed by atoms with E-state index in [1.807, 2.05) is 18.2 Å². The number of hydrogen-bond acceptors (Lipinski definition) is 0. The largest absolute Gasteiger partial charge is 0.0845 e. The van der Waals surface area contributed by atoms with Crippen LogP contribution in [0.25, 0.3) is 0 Å². The summed E-state index contributed by atoms with van der Waals surface area (Å²) < 4.78 is 0. The molecule has 0 saturated carbocycles. The highest BCUT2D eigenvalue weighted by Gasteiger charge is 1.85. The summed E-state index contributed by atoms with van der Waals surface area (Å²) in [5.41, 5.74) is 0. The normalized spacial score (nSPS) is 19.1. The van der Waals surface area contributed by atoms with Gasteiger partial charge in [-0.15, -0.1) is 0 Å². The van der Waals surface area contributed by atoms with E-state index in [1.165, 1.54) is 25.7 Å². The van der Waals surface area contributed by atoms with Gasteiger partial charge in [-0.1, -0.05) is 49.0 Å². The Hall–Kier alpha value is -1.04. The van der Waals surface area contributed by atoms with E-state index in [2.05, 4.69) is 30.4 Å². The van der Waals surface area contributed by atoms with Crippen molar-refractivity contribution in [3.05, 3.63) is 48.6 Å². The molecular formula is C13H17. The fraction of sp³-hybridized carbons (Fsp3) is 0.385. The molecule has 0 saturated heterocycles. The first kappa shape index (κ1) is 10.0. The van der Waals surface area contributed by atoms with Crippen molar-refractivity contribution in [2.45, 2.75) is 32.1 Å². The molecule has 1 radical (unpaired) electrons. The summed E-state index contributed by atoms with van der Waals surface area (Å²) in [6.07, 6.45) is 24.0. The van der Waals surface area contributed by atoms with Gasteiger partial charge in [0.25, 0.3) is 0 Å². The lowest BCUT2D eigenvalue weighted by Crippen LogP contribution is -1.74. The minimum absolute atomic E-state index is 1.16. The monoisotopic (exact) mass is 173 g/mol. The Labute approximate surface area is 81.4 Å². The van der Waals surface area contributed by atoms with Crippen LogP contribution in [0.15, 0.2) is 42.5 Å². The van der Waals surface area contributed by atoms with Crippen LogP contribution in [-0.4, -0.2) is 0 Å². The van der Waals surface area contributed by atoms with Gasteiger partial charge in [0.2, 0.25) is 0 Å². The summed E-state index contributed by atoms with van der Waals surface area (Å²) in [5, 5.41) is 0. The molecule has 69 valence electrons. The van der Waals surface area contributed by atoms with Gasteiger partial charge < -0.3 is 0 Å². The van der Waals surface area contributed by atoms with Crippen molar-refractivity contribution in [2.75, 3.05) is 0 Å². The Balaban J connectivity index is 2.39. The fourth-order valence-electron chi connectivity index (χ4n) is 1.25. The van der Waals surface area contributed by atoms with Crippen LogP contribution >= 0.6 is 0 Å². The highest BCUT2D eigenvalue weighted by Crippen LogP contribution is 2.04. The van der Waals surface area contributed by atoms with E-state index in [0.717, 1.165) is 6.42 Å². The molecule has 0 N–H and O–H groups in total. The molecule has 0 aromatic rings. The second-order valence-electron chi connectivity index (χ2n) is 3.18. The van der Waals surface area contributed by atoms with Crippen LogP contribution in [0.2, 0.25) is 0 Å². The number of hydrogen-bond donors (Lipinski definition) is 0. The highest BCUT2D eigenvalue weighted by molar-refractivity contribution is 5.13. The van der Waals surface area contributed by atoms with Gasteiger partial charge in [-0.2, -0.15) is 0 Å². The molecule has 0 heterocycles. The molecule has 0 aliphatic heterocycles. The van der Waals surface area contributed by atoms with Crippen molar-refractivity contribution in [1.29, 1.82) is 0 Å². The van der Waals surface area contributed by atoms with Crippen LogP contribution in [0.1, 0.15) is 32.1 Å². The van der Waals surface area contributed by atoms with E-state index < -0.39 is 0 Å². The Kier molecular flexibility index (Phi) is 5.87. The quantitative estimate of drug-likeness (QED) is 0.520. The molecule has 0 aromatic heterocycles. The lowest BCUT2D eigenvalue weighted by atomic mass is 10.1. The van der Waals surface area contributed by atoms with Crippen molar-refractivity contribution in [1.82, 2.24) is 0 Å². The summed E-state index contributed by atoms with van der Waals surface area (Å²) in [6.45, 7) is 0. The van der Waals surface area contributed by atoms with Gasteiger partial charge in [-0.3, -0.25) is 0 Å². The lowest BCUT2D eigenvalue weighted by Gasteiger charge is -1.93.